The molecule has 0 aromatic carbocycles. The lowest BCUT2D eigenvalue weighted by molar-refractivity contribution is -0.143. The molecule has 344 valence electrons. The van der Waals surface area contributed by atoms with Crippen LogP contribution >= 0.6 is 0 Å². The molecule has 1 aliphatic carbocycles. The summed E-state index contributed by atoms with van der Waals surface area (Å²) in [5.74, 6) is -1.07. The van der Waals surface area contributed by atoms with Crippen LogP contribution in [0.2, 0.25) is 0 Å². The molecule has 3 aromatic heterocycles. The second-order valence-electron chi connectivity index (χ2n) is 19.3. The van der Waals surface area contributed by atoms with E-state index in [2.05, 4.69) is 113 Å². The van der Waals surface area contributed by atoms with Gasteiger partial charge in [0, 0.05) is 74.1 Å². The Morgan fingerprint density at radius 1 is 0.844 bits per heavy atom. The lowest BCUT2D eigenvalue weighted by Gasteiger charge is -2.19. The number of carbonyl (C=O) groups is 3. The molecule has 9 heteroatoms. The number of carbonyl (C=O) groups excluding carboxylic acids is 3. The summed E-state index contributed by atoms with van der Waals surface area (Å²) >= 11 is 0. The molecular weight excluding hydrogens is 797 g/mol. The maximum atomic E-state index is 14.4. The average Bonchev–Trinajstić information content (AvgIpc) is 3.99. The SMILES string of the molecule is C=Cc1c2[nH]c(c1C)/C=C1\N/C(=C3\c4[nH]c(c(C)c4C(=O)[C@@H]3C(=O)OC)/C=c3\[nH]/c(c(C)c3CC)=C\2)[C@@H](CCC(=O)OC/C=C(\C)CC/C=C(\C)CCC[C@H](C)CCCC(C)C)[C@@H]1C. The summed E-state index contributed by atoms with van der Waals surface area (Å²) in [5.41, 5.74) is 13.9. The number of ether oxygens (including phenoxy) is 2. The number of esters is 2. The molecule has 5 heterocycles. The zero-order valence-electron chi connectivity index (χ0n) is 40.6. The molecule has 0 saturated carbocycles. The minimum absolute atomic E-state index is 0.0931. The third-order valence-corrected chi connectivity index (χ3v) is 14.2. The van der Waals surface area contributed by atoms with Crippen molar-refractivity contribution in [2.24, 2.45) is 29.6 Å². The van der Waals surface area contributed by atoms with Gasteiger partial charge >= 0.3 is 11.9 Å². The first kappa shape index (κ1) is 48.2. The van der Waals surface area contributed by atoms with E-state index in [-0.39, 0.29) is 36.6 Å². The molecule has 0 radical (unpaired) electrons. The fourth-order valence-corrected chi connectivity index (χ4v) is 10.1. The van der Waals surface area contributed by atoms with Crippen molar-refractivity contribution in [1.82, 2.24) is 20.3 Å². The summed E-state index contributed by atoms with van der Waals surface area (Å²) in [6.45, 7) is 26.2. The lowest BCUT2D eigenvalue weighted by atomic mass is 9.85. The molecule has 0 spiro atoms. The number of aromatic nitrogens is 3. The van der Waals surface area contributed by atoms with Gasteiger partial charge in [0.15, 0.2) is 5.78 Å². The van der Waals surface area contributed by atoms with Crippen molar-refractivity contribution in [2.45, 2.75) is 140 Å². The van der Waals surface area contributed by atoms with Crippen molar-refractivity contribution in [3.05, 3.63) is 108 Å². The van der Waals surface area contributed by atoms with Crippen LogP contribution in [0, 0.1) is 50.4 Å². The Balaban J connectivity index is 1.23. The van der Waals surface area contributed by atoms with Crippen LogP contribution in [0.1, 0.15) is 174 Å². The molecule has 1 fully saturated rings. The number of rotatable bonds is 19. The van der Waals surface area contributed by atoms with Gasteiger partial charge in [-0.05, 0) is 132 Å². The van der Waals surface area contributed by atoms with Crippen LogP contribution in [-0.2, 0) is 25.5 Å². The maximum Gasteiger partial charge on any atom is 0.321 e. The normalized spacial score (nSPS) is 21.8. The van der Waals surface area contributed by atoms with E-state index in [1.165, 1.54) is 55.9 Å². The van der Waals surface area contributed by atoms with Crippen LogP contribution in [0.4, 0.5) is 0 Å². The van der Waals surface area contributed by atoms with E-state index in [4.69, 9.17) is 9.47 Å². The van der Waals surface area contributed by atoms with Gasteiger partial charge in [0.25, 0.3) is 0 Å². The van der Waals surface area contributed by atoms with Crippen molar-refractivity contribution in [2.75, 3.05) is 13.7 Å². The number of methoxy groups -OCH3 is 1. The van der Waals surface area contributed by atoms with Crippen LogP contribution < -0.4 is 16.0 Å². The monoisotopic (exact) mass is 871 g/mol. The Morgan fingerprint density at radius 3 is 2.25 bits per heavy atom. The Kier molecular flexibility index (Phi) is 15.9. The highest BCUT2D eigenvalue weighted by molar-refractivity contribution is 6.24. The van der Waals surface area contributed by atoms with Gasteiger partial charge in [-0.15, -0.1) is 0 Å². The van der Waals surface area contributed by atoms with Crippen molar-refractivity contribution in [3.8, 4) is 0 Å². The first-order valence-corrected chi connectivity index (χ1v) is 23.9. The maximum absolute atomic E-state index is 14.4. The number of Topliss-reactive ketones (excluding diaryl/α,β-unsaturated/α-hetero) is 1. The Bertz CT molecular complexity index is 2510. The molecule has 9 nitrogen and oxygen atoms in total. The second-order valence-corrected chi connectivity index (χ2v) is 19.3. The third-order valence-electron chi connectivity index (χ3n) is 14.2. The molecule has 4 N–H and O–H groups in total. The Hall–Kier alpha value is -5.31. The van der Waals surface area contributed by atoms with Crippen molar-refractivity contribution < 1.29 is 23.9 Å². The van der Waals surface area contributed by atoms with E-state index in [1.807, 2.05) is 19.1 Å². The van der Waals surface area contributed by atoms with Gasteiger partial charge < -0.3 is 29.7 Å². The molecule has 0 amide bonds. The smallest absolute Gasteiger partial charge is 0.321 e. The summed E-state index contributed by atoms with van der Waals surface area (Å²) in [7, 11) is 1.32. The first-order valence-electron chi connectivity index (χ1n) is 23.9. The van der Waals surface area contributed by atoms with E-state index < -0.39 is 11.9 Å². The number of nitrogens with one attached hydrogen (secondary N) is 4. The zero-order valence-corrected chi connectivity index (χ0v) is 40.6. The van der Waals surface area contributed by atoms with Crippen LogP contribution in [0.25, 0.3) is 29.9 Å². The van der Waals surface area contributed by atoms with Gasteiger partial charge in [-0.1, -0.05) is 90.2 Å². The van der Waals surface area contributed by atoms with Gasteiger partial charge in [-0.25, -0.2) is 0 Å². The first-order chi connectivity index (χ1) is 30.6. The largest absolute Gasteiger partial charge is 0.468 e. The highest BCUT2D eigenvalue weighted by Gasteiger charge is 2.48. The summed E-state index contributed by atoms with van der Waals surface area (Å²) in [6.07, 6.45) is 23.6. The predicted octanol–water partition coefficient (Wildman–Crippen LogP) is 11.0. The minimum atomic E-state index is -1.15. The quantitative estimate of drug-likeness (QED) is 0.0539. The second kappa shape index (κ2) is 21.1. The summed E-state index contributed by atoms with van der Waals surface area (Å²) < 4.78 is 11.1. The molecular formula is C55H74N4O5. The van der Waals surface area contributed by atoms with Crippen LogP contribution in [0.15, 0.2) is 41.3 Å². The summed E-state index contributed by atoms with van der Waals surface area (Å²) in [5, 5.41) is 5.65. The topological polar surface area (TPSA) is 129 Å². The average molecular weight is 871 g/mol. The molecule has 0 unspecified atom stereocenters. The molecule has 2 aliphatic heterocycles. The van der Waals surface area contributed by atoms with E-state index in [0.29, 0.717) is 23.3 Å². The molecule has 6 rings (SSSR count). The Labute approximate surface area is 381 Å². The zero-order chi connectivity index (χ0) is 46.4. The van der Waals surface area contributed by atoms with Crippen molar-refractivity contribution in [3.63, 3.8) is 0 Å². The summed E-state index contributed by atoms with van der Waals surface area (Å²) in [4.78, 5) is 52.4. The van der Waals surface area contributed by atoms with Crippen LogP contribution in [0.3, 0.4) is 0 Å². The third kappa shape index (κ3) is 10.5. The van der Waals surface area contributed by atoms with E-state index in [9.17, 15) is 14.4 Å². The van der Waals surface area contributed by atoms with Crippen molar-refractivity contribution in [1.29, 1.82) is 0 Å². The molecule has 1 saturated heterocycles. The number of fused-ring (bicyclic) bond motifs is 7. The van der Waals surface area contributed by atoms with Crippen LogP contribution in [-0.4, -0.2) is 46.4 Å². The van der Waals surface area contributed by atoms with Gasteiger partial charge in [0.1, 0.15) is 12.5 Å². The molecule has 3 aliphatic rings. The van der Waals surface area contributed by atoms with Gasteiger partial charge in [0.2, 0.25) is 0 Å². The summed E-state index contributed by atoms with van der Waals surface area (Å²) in [6, 6.07) is 0. The van der Waals surface area contributed by atoms with Gasteiger partial charge in [-0.3, -0.25) is 14.4 Å². The number of H-pyrrole nitrogens is 3. The predicted molar refractivity (Wildman–Crippen MR) is 262 cm³/mol. The van der Waals surface area contributed by atoms with E-state index in [0.717, 1.165) is 98.9 Å². The number of ketones is 1. The van der Waals surface area contributed by atoms with Crippen molar-refractivity contribution >= 4 is 47.6 Å². The molecule has 64 heavy (non-hydrogen) atoms. The highest BCUT2D eigenvalue weighted by atomic mass is 16.5. The molecule has 8 bridgehead atoms. The number of aromatic amines is 3. The van der Waals surface area contributed by atoms with Gasteiger partial charge in [0.05, 0.1) is 12.8 Å². The van der Waals surface area contributed by atoms with Gasteiger partial charge in [-0.2, -0.15) is 0 Å². The Morgan fingerprint density at radius 2 is 1.55 bits per heavy atom. The number of hydrogen-bond donors (Lipinski definition) is 4. The fraction of sp³-hybridized carbons (Fsp3) is 0.509. The molecule has 4 atom stereocenters. The molecule has 3 aromatic rings. The number of hydrogen-bond acceptors (Lipinski definition) is 6. The van der Waals surface area contributed by atoms with E-state index in [1.54, 1.807) is 0 Å². The minimum Gasteiger partial charge on any atom is -0.468 e. The van der Waals surface area contributed by atoms with E-state index >= 15 is 0 Å². The fourth-order valence-electron chi connectivity index (χ4n) is 10.1. The highest BCUT2D eigenvalue weighted by Crippen LogP contribution is 2.48. The number of allylic oxidation sites excluding steroid dienone is 5. The lowest BCUT2D eigenvalue weighted by Crippen LogP contribution is -2.25. The standard InChI is InChI=1S/C55H74N4O5/c1-13-39-35(8)42-28-44-37(10)41(24-25-48(60)64-27-26-34(7)23-17-22-33(6)21-16-20-32(5)19-15-18-31(3)4)52(58-44)50-51(55(62)63-12)54(61)49-38(11)45(59-53(49)50)30-47-40(14-2)36(9)43(57-47)29-46(39)56-42/h13,22,26,28-32,37,41,51,56-59H,1,14-21,23-25,27H2,2-12H3/b33-22+,34-26+,43-29-,44-28-,47-30-,52-50-/t32-,37+,41+,51-/m1/s1. The van der Waals surface area contributed by atoms with Crippen LogP contribution in [0.5, 0.6) is 0 Å².